The predicted molar refractivity (Wildman–Crippen MR) is 338 cm³/mol. The molecule has 0 spiro atoms. The molecule has 99 heavy (non-hydrogen) atoms. The monoisotopic (exact) mass is 1440 g/mol. The summed E-state index contributed by atoms with van der Waals surface area (Å²) in [6.07, 6.45) is -20.3. The molecule has 4 heterocycles. The summed E-state index contributed by atoms with van der Waals surface area (Å²) in [5.41, 5.74) is 0. The minimum atomic E-state index is -1.61. The Kier molecular flexibility index (Phi) is 42.1. The zero-order valence-electron chi connectivity index (χ0n) is 56.3. The second-order valence-electron chi connectivity index (χ2n) is 25.6. The summed E-state index contributed by atoms with van der Waals surface area (Å²) in [5, 5.41) is 190. The van der Waals surface area contributed by atoms with E-state index in [-0.39, 0.29) is 78.8 Å². The number of carboxylic acids is 3. The Hall–Kier alpha value is -3.73. The van der Waals surface area contributed by atoms with Gasteiger partial charge in [0.15, 0.2) is 25.2 Å². The van der Waals surface area contributed by atoms with E-state index in [1.165, 1.54) is 14.7 Å². The van der Waals surface area contributed by atoms with Gasteiger partial charge in [0.2, 0.25) is 11.8 Å². The number of carbonyl (C=O) groups excluding carboxylic acids is 2. The molecular weight excluding hydrogens is 1330 g/mol. The van der Waals surface area contributed by atoms with Crippen molar-refractivity contribution in [3.8, 4) is 0 Å². The summed E-state index contributed by atoms with van der Waals surface area (Å²) in [6.45, 7) is -4.28. The maximum atomic E-state index is 14.2. The van der Waals surface area contributed by atoms with Crippen molar-refractivity contribution in [2.24, 2.45) is 0 Å². The van der Waals surface area contributed by atoms with Gasteiger partial charge in [-0.15, -0.1) is 0 Å². The van der Waals surface area contributed by atoms with Crippen LogP contribution in [0.25, 0.3) is 0 Å². The number of rotatable bonds is 52. The Bertz CT molecular complexity index is 2010. The van der Waals surface area contributed by atoms with Gasteiger partial charge in [0.05, 0.1) is 59.2 Å². The average Bonchev–Trinajstić information content (AvgIpc) is 0.845. The third-order valence-electron chi connectivity index (χ3n) is 17.8. The molecule has 20 atom stereocenters. The average molecular weight is 1440 g/mol. The molecule has 0 saturated carbocycles. The molecule has 0 bridgehead atoms. The van der Waals surface area contributed by atoms with E-state index < -0.39 is 212 Å². The third kappa shape index (κ3) is 30.5. The van der Waals surface area contributed by atoms with E-state index in [2.05, 4.69) is 0 Å². The van der Waals surface area contributed by atoms with Gasteiger partial charge in [-0.1, -0.05) is 51.4 Å². The van der Waals surface area contributed by atoms with Crippen LogP contribution >= 0.6 is 0 Å². The van der Waals surface area contributed by atoms with E-state index in [0.29, 0.717) is 103 Å². The lowest BCUT2D eigenvalue weighted by Gasteiger charge is -2.39. The van der Waals surface area contributed by atoms with E-state index in [0.717, 1.165) is 0 Å². The molecule has 4 saturated heterocycles. The van der Waals surface area contributed by atoms with Gasteiger partial charge in [0.1, 0.15) is 97.7 Å². The van der Waals surface area contributed by atoms with Crippen molar-refractivity contribution in [1.29, 1.82) is 0 Å². The van der Waals surface area contributed by atoms with Crippen LogP contribution in [-0.2, 0) is 61.9 Å². The van der Waals surface area contributed by atoms with E-state index in [9.17, 15) is 121 Å². The highest BCUT2D eigenvalue weighted by Crippen LogP contribution is 2.27. The molecule has 2 amide bonds. The van der Waals surface area contributed by atoms with E-state index in [1.54, 1.807) is 9.80 Å². The number of carboxylic acid groups (broad SMARTS) is 3. The first kappa shape index (κ1) is 87.7. The smallest absolute Gasteiger partial charge is 0.317 e. The molecule has 4 unspecified atom stereocenters. The first-order valence-electron chi connectivity index (χ1n) is 34.3. The molecule has 0 aromatic heterocycles. The van der Waals surface area contributed by atoms with Crippen molar-refractivity contribution < 1.29 is 159 Å². The van der Waals surface area contributed by atoms with Crippen LogP contribution in [0, 0.1) is 0 Å². The predicted octanol–water partition coefficient (Wildman–Crippen LogP) is -7.69. The second-order valence-corrected chi connectivity index (χ2v) is 25.6. The summed E-state index contributed by atoms with van der Waals surface area (Å²) >= 11 is 0. The zero-order chi connectivity index (χ0) is 73.1. The van der Waals surface area contributed by atoms with Crippen LogP contribution in [0.3, 0.4) is 0 Å². The minimum Gasteiger partial charge on any atom is -0.480 e. The van der Waals surface area contributed by atoms with Gasteiger partial charge >= 0.3 is 17.9 Å². The van der Waals surface area contributed by atoms with Gasteiger partial charge < -0.3 is 145 Å². The molecule has 4 fully saturated rings. The number of aliphatic hydroxyl groups excluding tert-OH is 16. The summed E-state index contributed by atoms with van der Waals surface area (Å²) in [5.74, 6) is -4.71. The number of ether oxygens (including phenoxy) is 8. The summed E-state index contributed by atoms with van der Waals surface area (Å²) in [6, 6.07) is 0. The number of nitrogens with zero attached hydrogens (tertiary/aromatic N) is 5. The van der Waals surface area contributed by atoms with Crippen LogP contribution in [0.1, 0.15) is 103 Å². The van der Waals surface area contributed by atoms with Crippen molar-refractivity contribution in [1.82, 2.24) is 24.5 Å². The van der Waals surface area contributed by atoms with Crippen molar-refractivity contribution in [3.63, 3.8) is 0 Å². The van der Waals surface area contributed by atoms with Gasteiger partial charge in [-0.3, -0.25) is 38.7 Å². The fourth-order valence-corrected chi connectivity index (χ4v) is 11.8. The lowest BCUT2D eigenvalue weighted by atomic mass is 9.99. The lowest BCUT2D eigenvalue weighted by molar-refractivity contribution is -0.301. The molecule has 4 aliphatic rings. The van der Waals surface area contributed by atoms with Crippen LogP contribution < -0.4 is 0 Å². The second kappa shape index (κ2) is 47.6. The maximum Gasteiger partial charge on any atom is 0.317 e. The number of unbranched alkanes of at least 4 members (excludes halogenated alkanes) is 12. The van der Waals surface area contributed by atoms with E-state index in [4.69, 9.17) is 37.9 Å². The summed E-state index contributed by atoms with van der Waals surface area (Å²) in [7, 11) is 0. The molecule has 0 aromatic rings. The normalized spacial score (nSPS) is 30.5. The van der Waals surface area contributed by atoms with Crippen LogP contribution in [0.5, 0.6) is 0 Å². The molecule has 4 aliphatic heterocycles. The third-order valence-corrected chi connectivity index (χ3v) is 17.8. The number of amides is 2. The summed E-state index contributed by atoms with van der Waals surface area (Å²) < 4.78 is 44.0. The first-order valence-corrected chi connectivity index (χ1v) is 34.3. The van der Waals surface area contributed by atoms with Crippen LogP contribution in [0.4, 0.5) is 0 Å². The van der Waals surface area contributed by atoms with Crippen LogP contribution in [0.15, 0.2) is 0 Å². The highest BCUT2D eigenvalue weighted by atomic mass is 16.7. The van der Waals surface area contributed by atoms with Crippen molar-refractivity contribution >= 4 is 29.7 Å². The molecule has 0 radical (unpaired) electrons. The topological polar surface area (TPSA) is 560 Å². The minimum absolute atomic E-state index is 0.0794. The van der Waals surface area contributed by atoms with E-state index >= 15 is 0 Å². The van der Waals surface area contributed by atoms with Gasteiger partial charge in [0, 0.05) is 78.8 Å². The van der Waals surface area contributed by atoms with Crippen LogP contribution in [-0.4, -0.2) is 412 Å². The molecule has 0 aromatic carbocycles. The first-order chi connectivity index (χ1) is 47.3. The Morgan fingerprint density at radius 1 is 0.263 bits per heavy atom. The number of hydrogen-bond donors (Lipinski definition) is 19. The molecule has 0 aliphatic carbocycles. The molecule has 578 valence electrons. The Morgan fingerprint density at radius 2 is 0.475 bits per heavy atom. The van der Waals surface area contributed by atoms with Gasteiger partial charge in [-0.2, -0.15) is 0 Å². The molecule has 4 rings (SSSR count). The SMILES string of the molecule is O=C(O)CN(CCN(CC(=O)O)CC(=O)N(CCCCCCOC1O[C@@H](CO)[C@@H](O)[C@H](O)[C@@H]1O)CCCCCCOC1O[C@@H](CO)[C@@H](O)[C@H](O)[C@@H]1O)CCN(CC(=O)O)CC(=O)N(CCCCCCOC1O[C@H](CO)[C@H](O)[C@@H](O)[C@H]1O)CCCCCCOC1O[C@H](CO)[C@H](O)[C@@H](O)[C@H]1O. The quantitative estimate of drug-likeness (QED) is 0.0252. The van der Waals surface area contributed by atoms with Crippen molar-refractivity contribution in [3.05, 3.63) is 0 Å². The number of aliphatic carboxylic acids is 3. The lowest BCUT2D eigenvalue weighted by Crippen LogP contribution is -2.59. The molecule has 37 heteroatoms. The molecule has 37 nitrogen and oxygen atoms in total. The van der Waals surface area contributed by atoms with E-state index in [1.807, 2.05) is 0 Å². The Morgan fingerprint density at radius 3 is 0.697 bits per heavy atom. The van der Waals surface area contributed by atoms with Gasteiger partial charge in [0.25, 0.3) is 0 Å². The standard InChI is InChI=1S/C62H113N5O32/c68-34-38-47(80)51(84)55(88)59(96-38)92-25-13-5-1-9-17-66(18-10-2-6-14-26-93-60-56(89)52(85)48(81)39(35-69)97-60)42(72)29-64(32-45(76)77)23-21-63(31-44(74)75)22-24-65(33-46(78)79)30-43(73)67(19-11-3-7-15-27-94-61-57(90)53(86)49(82)40(36-70)98-61)20-12-4-8-16-28-95-62-58(91)54(87)50(83)41(37-71)99-62/h38-41,47-62,68-71,80-91H,1-37H2,(H,74,75)(H,76,77)(H,78,79)/t38-,39-,40+,41+,47+,48+,49-,50-,51-,52-,53+,54+,55-,56-,57+,58+,59?,60?,61?,62?. The zero-order valence-corrected chi connectivity index (χ0v) is 56.3. The van der Waals surface area contributed by atoms with Crippen LogP contribution in [0.2, 0.25) is 0 Å². The highest BCUT2D eigenvalue weighted by molar-refractivity contribution is 5.80. The molecule has 19 N–H and O–H groups in total. The number of carbonyl (C=O) groups is 5. The number of aliphatic hydroxyl groups is 16. The fraction of sp³-hybridized carbons (Fsp3) is 0.919. The van der Waals surface area contributed by atoms with Crippen molar-refractivity contribution in [2.75, 3.05) is 138 Å². The maximum absolute atomic E-state index is 14.2. The highest BCUT2D eigenvalue weighted by Gasteiger charge is 2.47. The largest absolute Gasteiger partial charge is 0.480 e. The summed E-state index contributed by atoms with van der Waals surface area (Å²) in [4.78, 5) is 72.6. The number of hydrogen-bond acceptors (Lipinski definition) is 32. The fourth-order valence-electron chi connectivity index (χ4n) is 11.8. The Labute approximate surface area is 575 Å². The van der Waals surface area contributed by atoms with Gasteiger partial charge in [-0.05, 0) is 51.4 Å². The van der Waals surface area contributed by atoms with Crippen molar-refractivity contribution in [2.45, 2.75) is 226 Å². The van der Waals surface area contributed by atoms with Gasteiger partial charge in [-0.25, -0.2) is 0 Å². The molecular formula is C62H113N5O32. The Balaban J connectivity index is 1.37.